The molecule has 1 heterocycles. The lowest BCUT2D eigenvalue weighted by molar-refractivity contribution is 0.0763. The van der Waals surface area contributed by atoms with Crippen LogP contribution >= 0.6 is 0 Å². The minimum atomic E-state index is -0.0742. The number of carbonyl (C=O) groups excluding carboxylic acids is 1. The highest BCUT2D eigenvalue weighted by molar-refractivity contribution is 5.97. The molecule has 0 atom stereocenters. The SMILES string of the molecule is Cc1cccc(C(=O)N2CCCNCC2)c1O. The molecule has 1 aromatic carbocycles. The Morgan fingerprint density at radius 3 is 3.00 bits per heavy atom. The largest absolute Gasteiger partial charge is 0.507 e. The number of nitrogens with one attached hydrogen (secondary N) is 1. The Morgan fingerprint density at radius 1 is 1.35 bits per heavy atom. The molecule has 1 saturated heterocycles. The summed E-state index contributed by atoms with van der Waals surface area (Å²) in [7, 11) is 0. The fourth-order valence-corrected chi connectivity index (χ4v) is 2.05. The molecule has 2 N–H and O–H groups in total. The van der Waals surface area contributed by atoms with Gasteiger partial charge in [-0.3, -0.25) is 4.79 Å². The normalized spacial score (nSPS) is 16.6. The van der Waals surface area contributed by atoms with E-state index in [-0.39, 0.29) is 11.7 Å². The predicted octanol–water partition coefficient (Wildman–Crippen LogP) is 1.14. The van der Waals surface area contributed by atoms with E-state index in [1.165, 1.54) is 0 Å². The number of para-hydroxylation sites is 1. The minimum absolute atomic E-state index is 0.0742. The number of hydrogen-bond donors (Lipinski definition) is 2. The van der Waals surface area contributed by atoms with Crippen LogP contribution in [-0.4, -0.2) is 42.1 Å². The molecule has 17 heavy (non-hydrogen) atoms. The molecule has 0 spiro atoms. The highest BCUT2D eigenvalue weighted by atomic mass is 16.3. The quantitative estimate of drug-likeness (QED) is 0.766. The highest BCUT2D eigenvalue weighted by Gasteiger charge is 2.20. The summed E-state index contributed by atoms with van der Waals surface area (Å²) < 4.78 is 0. The standard InChI is InChI=1S/C13H18N2O2/c1-10-4-2-5-11(12(10)16)13(17)15-8-3-6-14-7-9-15/h2,4-5,14,16H,3,6-9H2,1H3. The van der Waals surface area contributed by atoms with Gasteiger partial charge in [-0.1, -0.05) is 12.1 Å². The van der Waals surface area contributed by atoms with Gasteiger partial charge in [-0.25, -0.2) is 0 Å². The second kappa shape index (κ2) is 5.19. The van der Waals surface area contributed by atoms with Gasteiger partial charge in [0.25, 0.3) is 5.91 Å². The first-order valence-corrected chi connectivity index (χ1v) is 5.98. The number of carbonyl (C=O) groups is 1. The lowest BCUT2D eigenvalue weighted by Gasteiger charge is -2.20. The molecular formula is C13H18N2O2. The fourth-order valence-electron chi connectivity index (χ4n) is 2.05. The Hall–Kier alpha value is -1.55. The number of aromatic hydroxyl groups is 1. The molecular weight excluding hydrogens is 216 g/mol. The molecule has 1 aromatic rings. The Labute approximate surface area is 101 Å². The van der Waals surface area contributed by atoms with Crippen LogP contribution in [0, 0.1) is 6.92 Å². The van der Waals surface area contributed by atoms with Gasteiger partial charge in [0.15, 0.2) is 0 Å². The molecule has 0 bridgehead atoms. The molecule has 2 rings (SSSR count). The van der Waals surface area contributed by atoms with E-state index < -0.39 is 0 Å². The van der Waals surface area contributed by atoms with Crippen LogP contribution in [0.4, 0.5) is 0 Å². The van der Waals surface area contributed by atoms with Crippen molar-refractivity contribution >= 4 is 5.91 Å². The van der Waals surface area contributed by atoms with Crippen LogP contribution in [0.15, 0.2) is 18.2 Å². The van der Waals surface area contributed by atoms with Crippen molar-refractivity contribution < 1.29 is 9.90 Å². The van der Waals surface area contributed by atoms with Crippen LogP contribution in [0.1, 0.15) is 22.3 Å². The monoisotopic (exact) mass is 234 g/mol. The van der Waals surface area contributed by atoms with Crippen LogP contribution in [0.5, 0.6) is 5.75 Å². The summed E-state index contributed by atoms with van der Waals surface area (Å²) in [6.45, 7) is 5.02. The molecule has 1 fully saturated rings. The number of rotatable bonds is 1. The number of aryl methyl sites for hydroxylation is 1. The second-order valence-electron chi connectivity index (χ2n) is 4.37. The third-order valence-corrected chi connectivity index (χ3v) is 3.10. The average Bonchev–Trinajstić information content (AvgIpc) is 2.60. The number of amides is 1. The zero-order chi connectivity index (χ0) is 12.3. The van der Waals surface area contributed by atoms with E-state index in [0.29, 0.717) is 12.1 Å². The van der Waals surface area contributed by atoms with E-state index in [4.69, 9.17) is 0 Å². The van der Waals surface area contributed by atoms with E-state index in [9.17, 15) is 9.90 Å². The lowest BCUT2D eigenvalue weighted by atomic mass is 10.1. The highest BCUT2D eigenvalue weighted by Crippen LogP contribution is 2.23. The maximum atomic E-state index is 12.3. The van der Waals surface area contributed by atoms with Gasteiger partial charge in [0, 0.05) is 19.6 Å². The molecule has 4 nitrogen and oxygen atoms in total. The van der Waals surface area contributed by atoms with Crippen LogP contribution < -0.4 is 5.32 Å². The maximum absolute atomic E-state index is 12.3. The Kier molecular flexibility index (Phi) is 3.64. The van der Waals surface area contributed by atoms with Crippen molar-refractivity contribution in [2.45, 2.75) is 13.3 Å². The van der Waals surface area contributed by atoms with E-state index >= 15 is 0 Å². The molecule has 92 valence electrons. The van der Waals surface area contributed by atoms with Gasteiger partial charge in [-0.15, -0.1) is 0 Å². The number of benzene rings is 1. The number of phenols is 1. The molecule has 1 amide bonds. The fraction of sp³-hybridized carbons (Fsp3) is 0.462. The van der Waals surface area contributed by atoms with Crippen molar-refractivity contribution in [3.63, 3.8) is 0 Å². The summed E-state index contributed by atoms with van der Waals surface area (Å²) in [5.74, 6) is 0.0320. The maximum Gasteiger partial charge on any atom is 0.257 e. The summed E-state index contributed by atoms with van der Waals surface area (Å²) in [6, 6.07) is 5.29. The molecule has 0 aromatic heterocycles. The Morgan fingerprint density at radius 2 is 2.18 bits per heavy atom. The molecule has 0 saturated carbocycles. The molecule has 4 heteroatoms. The van der Waals surface area contributed by atoms with Crippen molar-refractivity contribution in [2.24, 2.45) is 0 Å². The second-order valence-corrected chi connectivity index (χ2v) is 4.37. The summed E-state index contributed by atoms with van der Waals surface area (Å²) in [6.07, 6.45) is 0.957. The first-order valence-electron chi connectivity index (χ1n) is 5.98. The molecule has 0 unspecified atom stereocenters. The van der Waals surface area contributed by atoms with E-state index in [1.54, 1.807) is 30.0 Å². The van der Waals surface area contributed by atoms with Gasteiger partial charge in [-0.05, 0) is 31.5 Å². The number of nitrogens with zero attached hydrogens (tertiary/aromatic N) is 1. The Balaban J connectivity index is 2.20. The summed E-state index contributed by atoms with van der Waals surface area (Å²) in [5, 5.41) is 13.2. The summed E-state index contributed by atoms with van der Waals surface area (Å²) in [4.78, 5) is 14.1. The Bertz CT molecular complexity index is 410. The lowest BCUT2D eigenvalue weighted by Crippen LogP contribution is -2.34. The van der Waals surface area contributed by atoms with Crippen LogP contribution in [0.3, 0.4) is 0 Å². The van der Waals surface area contributed by atoms with Crippen LogP contribution in [-0.2, 0) is 0 Å². The predicted molar refractivity (Wildman–Crippen MR) is 66.2 cm³/mol. The first-order chi connectivity index (χ1) is 8.20. The first kappa shape index (κ1) is 11.9. The molecule has 0 aliphatic carbocycles. The van der Waals surface area contributed by atoms with E-state index in [0.717, 1.165) is 31.6 Å². The number of phenolic OH excluding ortho intramolecular Hbond substituents is 1. The summed E-state index contributed by atoms with van der Waals surface area (Å²) in [5.41, 5.74) is 1.15. The van der Waals surface area contributed by atoms with Gasteiger partial charge in [0.05, 0.1) is 5.56 Å². The zero-order valence-electron chi connectivity index (χ0n) is 10.1. The minimum Gasteiger partial charge on any atom is -0.507 e. The topological polar surface area (TPSA) is 52.6 Å². The molecule has 1 aliphatic heterocycles. The van der Waals surface area contributed by atoms with E-state index in [1.807, 2.05) is 0 Å². The van der Waals surface area contributed by atoms with Gasteiger partial charge in [0.1, 0.15) is 5.75 Å². The van der Waals surface area contributed by atoms with Crippen molar-refractivity contribution in [3.05, 3.63) is 29.3 Å². The van der Waals surface area contributed by atoms with Crippen LogP contribution in [0.2, 0.25) is 0 Å². The van der Waals surface area contributed by atoms with Crippen molar-refractivity contribution in [3.8, 4) is 5.75 Å². The van der Waals surface area contributed by atoms with Crippen LogP contribution in [0.25, 0.3) is 0 Å². The average molecular weight is 234 g/mol. The van der Waals surface area contributed by atoms with Crippen molar-refractivity contribution in [1.29, 1.82) is 0 Å². The third kappa shape index (κ3) is 2.58. The van der Waals surface area contributed by atoms with Gasteiger partial charge in [0.2, 0.25) is 0 Å². The molecule has 0 radical (unpaired) electrons. The smallest absolute Gasteiger partial charge is 0.257 e. The summed E-state index contributed by atoms with van der Waals surface area (Å²) >= 11 is 0. The number of hydrogen-bond acceptors (Lipinski definition) is 3. The third-order valence-electron chi connectivity index (χ3n) is 3.10. The van der Waals surface area contributed by atoms with Gasteiger partial charge < -0.3 is 15.3 Å². The van der Waals surface area contributed by atoms with Crippen molar-refractivity contribution in [1.82, 2.24) is 10.2 Å². The van der Waals surface area contributed by atoms with E-state index in [2.05, 4.69) is 5.32 Å². The van der Waals surface area contributed by atoms with Gasteiger partial charge >= 0.3 is 0 Å². The van der Waals surface area contributed by atoms with Gasteiger partial charge in [-0.2, -0.15) is 0 Å². The zero-order valence-corrected chi connectivity index (χ0v) is 10.1. The molecule has 1 aliphatic rings. The van der Waals surface area contributed by atoms with Crippen molar-refractivity contribution in [2.75, 3.05) is 26.2 Å².